The standard InChI is InChI=1S/C29H44O3.2C2H6/c1-6-9-11-24(5)22-29(32-28-16-12-23(4)13-17-28)31-21-20-30-27-18-14-26(15-19-27)25(8-3)10-7-2;2*1-2/h12-19,24-25,29H,6-11,20-22H2,1-5H3;2*1-2H3. The molecule has 0 saturated carbocycles. The lowest BCUT2D eigenvalue weighted by Crippen LogP contribution is -2.25. The van der Waals surface area contributed by atoms with Gasteiger partial charge in [0.1, 0.15) is 18.1 Å². The maximum absolute atomic E-state index is 6.17. The fraction of sp³-hybridized carbons (Fsp3) is 0.636. The average molecular weight is 501 g/mol. The van der Waals surface area contributed by atoms with Crippen LogP contribution in [-0.4, -0.2) is 19.5 Å². The molecule has 0 amide bonds. The second-order valence-electron chi connectivity index (χ2n) is 9.03. The van der Waals surface area contributed by atoms with Crippen LogP contribution in [0, 0.1) is 12.8 Å². The quantitative estimate of drug-likeness (QED) is 0.169. The summed E-state index contributed by atoms with van der Waals surface area (Å²) in [6, 6.07) is 16.8. The van der Waals surface area contributed by atoms with Crippen LogP contribution in [0.15, 0.2) is 48.5 Å². The molecule has 0 N–H and O–H groups in total. The van der Waals surface area contributed by atoms with Gasteiger partial charge in [0.2, 0.25) is 0 Å². The van der Waals surface area contributed by atoms with Gasteiger partial charge < -0.3 is 14.2 Å². The van der Waals surface area contributed by atoms with E-state index in [9.17, 15) is 0 Å². The summed E-state index contributed by atoms with van der Waals surface area (Å²) in [6.45, 7) is 20.1. The Hall–Kier alpha value is -2.00. The number of hydrogen-bond donors (Lipinski definition) is 0. The van der Waals surface area contributed by atoms with Crippen molar-refractivity contribution in [1.29, 1.82) is 0 Å². The third-order valence-electron chi connectivity index (χ3n) is 6.07. The van der Waals surface area contributed by atoms with E-state index in [1.807, 2.05) is 39.8 Å². The first kappa shape index (κ1) is 34.0. The van der Waals surface area contributed by atoms with E-state index >= 15 is 0 Å². The second kappa shape index (κ2) is 22.2. The molecule has 3 heteroatoms. The molecule has 0 bridgehead atoms. The Morgan fingerprint density at radius 3 is 1.89 bits per heavy atom. The molecule has 2 aromatic carbocycles. The van der Waals surface area contributed by atoms with Crippen molar-refractivity contribution in [3.63, 3.8) is 0 Å². The number of unbranched alkanes of at least 4 members (excludes halogenated alkanes) is 1. The van der Waals surface area contributed by atoms with Crippen LogP contribution in [0.1, 0.15) is 117 Å². The summed E-state index contributed by atoms with van der Waals surface area (Å²) in [5.41, 5.74) is 2.64. The largest absolute Gasteiger partial charge is 0.491 e. The van der Waals surface area contributed by atoms with Crippen molar-refractivity contribution in [3.05, 3.63) is 59.7 Å². The molecule has 3 atom stereocenters. The van der Waals surface area contributed by atoms with E-state index in [1.54, 1.807) is 0 Å². The molecule has 2 rings (SSSR count). The van der Waals surface area contributed by atoms with Gasteiger partial charge in [-0.1, -0.05) is 111 Å². The molecule has 206 valence electrons. The van der Waals surface area contributed by atoms with Crippen molar-refractivity contribution in [2.75, 3.05) is 13.2 Å². The normalized spacial score (nSPS) is 12.8. The molecule has 36 heavy (non-hydrogen) atoms. The zero-order valence-corrected chi connectivity index (χ0v) is 24.9. The Labute approximate surface area is 224 Å². The maximum Gasteiger partial charge on any atom is 0.200 e. The first-order valence-electron chi connectivity index (χ1n) is 14.6. The van der Waals surface area contributed by atoms with Gasteiger partial charge in [-0.3, -0.25) is 0 Å². The van der Waals surface area contributed by atoms with Gasteiger partial charge in [0, 0.05) is 6.42 Å². The fourth-order valence-electron chi connectivity index (χ4n) is 4.05. The molecular formula is C33H56O3. The zero-order chi connectivity index (χ0) is 27.2. The highest BCUT2D eigenvalue weighted by Crippen LogP contribution is 2.26. The van der Waals surface area contributed by atoms with Crippen LogP contribution < -0.4 is 9.47 Å². The Morgan fingerprint density at radius 1 is 0.722 bits per heavy atom. The minimum absolute atomic E-state index is 0.255. The number of benzene rings is 2. The van der Waals surface area contributed by atoms with Crippen LogP contribution in [0.3, 0.4) is 0 Å². The predicted octanol–water partition coefficient (Wildman–Crippen LogP) is 10.4. The van der Waals surface area contributed by atoms with E-state index in [4.69, 9.17) is 14.2 Å². The Bertz CT molecular complexity index is 724. The highest BCUT2D eigenvalue weighted by atomic mass is 16.7. The van der Waals surface area contributed by atoms with E-state index in [0.717, 1.165) is 17.9 Å². The summed E-state index contributed by atoms with van der Waals surface area (Å²) in [6.07, 6.45) is 7.94. The van der Waals surface area contributed by atoms with Gasteiger partial charge in [0.25, 0.3) is 0 Å². The zero-order valence-electron chi connectivity index (χ0n) is 24.9. The first-order chi connectivity index (χ1) is 17.5. The molecule has 0 heterocycles. The third-order valence-corrected chi connectivity index (χ3v) is 6.07. The lowest BCUT2D eigenvalue weighted by Gasteiger charge is -2.23. The van der Waals surface area contributed by atoms with Gasteiger partial charge in [-0.05, 0) is 61.4 Å². The number of ether oxygens (including phenoxy) is 3. The van der Waals surface area contributed by atoms with Crippen molar-refractivity contribution in [3.8, 4) is 11.5 Å². The van der Waals surface area contributed by atoms with E-state index in [-0.39, 0.29) is 6.29 Å². The van der Waals surface area contributed by atoms with E-state index in [1.165, 1.54) is 49.7 Å². The van der Waals surface area contributed by atoms with E-state index in [0.29, 0.717) is 25.0 Å². The molecule has 0 spiro atoms. The summed E-state index contributed by atoms with van der Waals surface area (Å²) in [7, 11) is 0. The van der Waals surface area contributed by atoms with Crippen molar-refractivity contribution in [2.24, 2.45) is 5.92 Å². The van der Waals surface area contributed by atoms with Crippen molar-refractivity contribution < 1.29 is 14.2 Å². The van der Waals surface area contributed by atoms with Gasteiger partial charge in [-0.2, -0.15) is 0 Å². The number of aryl methyl sites for hydroxylation is 1. The molecule has 0 aromatic heterocycles. The summed E-state index contributed by atoms with van der Waals surface area (Å²) in [4.78, 5) is 0. The Kier molecular flexibility index (Phi) is 21.0. The van der Waals surface area contributed by atoms with Gasteiger partial charge in [-0.15, -0.1) is 0 Å². The monoisotopic (exact) mass is 500 g/mol. The molecule has 2 aromatic rings. The van der Waals surface area contributed by atoms with Crippen molar-refractivity contribution in [1.82, 2.24) is 0 Å². The third kappa shape index (κ3) is 14.5. The molecule has 0 fully saturated rings. The second-order valence-corrected chi connectivity index (χ2v) is 9.03. The number of hydrogen-bond acceptors (Lipinski definition) is 3. The highest BCUT2D eigenvalue weighted by Gasteiger charge is 2.16. The van der Waals surface area contributed by atoms with Crippen molar-refractivity contribution >= 4 is 0 Å². The highest BCUT2D eigenvalue weighted by molar-refractivity contribution is 5.29. The first-order valence-corrected chi connectivity index (χ1v) is 14.6. The lowest BCUT2D eigenvalue weighted by atomic mass is 9.92. The van der Waals surface area contributed by atoms with Gasteiger partial charge >= 0.3 is 0 Å². The van der Waals surface area contributed by atoms with E-state index in [2.05, 4.69) is 71.0 Å². The van der Waals surface area contributed by atoms with Gasteiger partial charge in [-0.25, -0.2) is 0 Å². The molecule has 0 aliphatic heterocycles. The van der Waals surface area contributed by atoms with Crippen molar-refractivity contribution in [2.45, 2.75) is 119 Å². The van der Waals surface area contributed by atoms with Crippen LogP contribution in [0.4, 0.5) is 0 Å². The predicted molar refractivity (Wildman–Crippen MR) is 157 cm³/mol. The fourth-order valence-corrected chi connectivity index (χ4v) is 4.05. The maximum atomic E-state index is 6.17. The average Bonchev–Trinajstić information content (AvgIpc) is 2.92. The van der Waals surface area contributed by atoms with E-state index < -0.39 is 0 Å². The summed E-state index contributed by atoms with van der Waals surface area (Å²) in [5, 5.41) is 0. The van der Waals surface area contributed by atoms with Crippen LogP contribution in [0.25, 0.3) is 0 Å². The Balaban J connectivity index is 0.00000291. The Morgan fingerprint density at radius 2 is 1.33 bits per heavy atom. The smallest absolute Gasteiger partial charge is 0.200 e. The topological polar surface area (TPSA) is 27.7 Å². The lowest BCUT2D eigenvalue weighted by molar-refractivity contribution is -0.0981. The summed E-state index contributed by atoms with van der Waals surface area (Å²) >= 11 is 0. The van der Waals surface area contributed by atoms with Crippen LogP contribution in [0.5, 0.6) is 11.5 Å². The van der Waals surface area contributed by atoms with Crippen LogP contribution in [0.2, 0.25) is 0 Å². The molecule has 3 unspecified atom stereocenters. The molecule has 0 radical (unpaired) electrons. The molecular weight excluding hydrogens is 444 g/mol. The minimum Gasteiger partial charge on any atom is -0.491 e. The van der Waals surface area contributed by atoms with Gasteiger partial charge in [0.15, 0.2) is 6.29 Å². The van der Waals surface area contributed by atoms with Gasteiger partial charge in [0.05, 0.1) is 6.61 Å². The van der Waals surface area contributed by atoms with Crippen LogP contribution in [-0.2, 0) is 4.74 Å². The number of rotatable bonds is 16. The molecule has 3 nitrogen and oxygen atoms in total. The SMILES string of the molecule is CC.CC.CCCCC(C)CC(OCCOc1ccc(C(CC)CCC)cc1)Oc1ccc(C)cc1. The summed E-state index contributed by atoms with van der Waals surface area (Å²) in [5.74, 6) is 2.97. The molecule has 0 aliphatic rings. The summed E-state index contributed by atoms with van der Waals surface area (Å²) < 4.78 is 18.2. The molecule has 0 saturated heterocycles. The molecule has 0 aliphatic carbocycles. The minimum atomic E-state index is -0.255. The van der Waals surface area contributed by atoms with Crippen LogP contribution >= 0.6 is 0 Å².